The maximum Gasteiger partial charge on any atom is 0.00819 e. The summed E-state index contributed by atoms with van der Waals surface area (Å²) >= 11 is 0. The lowest BCUT2D eigenvalue weighted by molar-refractivity contribution is 0.440. The predicted molar refractivity (Wildman–Crippen MR) is 76.7 cm³/mol. The van der Waals surface area contributed by atoms with E-state index in [-0.39, 0.29) is 0 Å². The van der Waals surface area contributed by atoms with Crippen molar-refractivity contribution in [3.63, 3.8) is 0 Å². The number of hydrogen-bond donors (Lipinski definition) is 1. The summed E-state index contributed by atoms with van der Waals surface area (Å²) < 4.78 is 0. The third-order valence-electron chi connectivity index (χ3n) is 4.77. The van der Waals surface area contributed by atoms with E-state index in [1.165, 1.54) is 56.9 Å². The highest BCUT2D eigenvalue weighted by molar-refractivity contribution is 5.35. The van der Waals surface area contributed by atoms with Crippen molar-refractivity contribution in [3.8, 4) is 0 Å². The molecule has 2 aliphatic rings. The average Bonchev–Trinajstić information content (AvgIpc) is 2.98. The Labute approximate surface area is 111 Å². The molecule has 0 bridgehead atoms. The van der Waals surface area contributed by atoms with E-state index in [0.29, 0.717) is 6.04 Å². The number of hydrogen-bond acceptors (Lipinski definition) is 1. The molecule has 0 saturated heterocycles. The van der Waals surface area contributed by atoms with Gasteiger partial charge in [-0.1, -0.05) is 43.9 Å². The standard InChI is InChI=1S/C17H25N/c18-17(11-13-4-1-2-5-13)12-14-8-9-15-6-3-7-16(15)10-14/h8-10,13,17H,1-7,11-12,18H2. The first-order valence-corrected chi connectivity index (χ1v) is 7.67. The van der Waals surface area contributed by atoms with E-state index in [0.717, 1.165) is 12.3 Å². The summed E-state index contributed by atoms with van der Waals surface area (Å²) in [6.07, 6.45) is 11.9. The van der Waals surface area contributed by atoms with Crippen molar-refractivity contribution < 1.29 is 0 Å². The van der Waals surface area contributed by atoms with Crippen LogP contribution in [-0.4, -0.2) is 6.04 Å². The monoisotopic (exact) mass is 243 g/mol. The molecule has 0 aromatic heterocycles. The molecule has 1 atom stereocenters. The number of benzene rings is 1. The summed E-state index contributed by atoms with van der Waals surface area (Å²) in [5, 5.41) is 0. The van der Waals surface area contributed by atoms with Crippen molar-refractivity contribution in [1.82, 2.24) is 0 Å². The lowest BCUT2D eigenvalue weighted by Gasteiger charge is -2.16. The molecule has 18 heavy (non-hydrogen) atoms. The first kappa shape index (κ1) is 12.2. The van der Waals surface area contributed by atoms with Gasteiger partial charge >= 0.3 is 0 Å². The molecule has 0 spiro atoms. The molecule has 1 saturated carbocycles. The third-order valence-corrected chi connectivity index (χ3v) is 4.77. The predicted octanol–water partition coefficient (Wildman–Crippen LogP) is 3.63. The van der Waals surface area contributed by atoms with Gasteiger partial charge in [0.25, 0.3) is 0 Å². The Morgan fingerprint density at radius 3 is 2.67 bits per heavy atom. The number of nitrogens with two attached hydrogens (primary N) is 1. The van der Waals surface area contributed by atoms with Crippen LogP contribution in [0.4, 0.5) is 0 Å². The summed E-state index contributed by atoms with van der Waals surface area (Å²) in [5.41, 5.74) is 10.9. The van der Waals surface area contributed by atoms with Crippen molar-refractivity contribution in [2.75, 3.05) is 0 Å². The number of rotatable bonds is 4. The van der Waals surface area contributed by atoms with Crippen molar-refractivity contribution in [2.24, 2.45) is 11.7 Å². The highest BCUT2D eigenvalue weighted by Gasteiger charge is 2.18. The highest BCUT2D eigenvalue weighted by atomic mass is 14.6. The molecular weight excluding hydrogens is 218 g/mol. The minimum absolute atomic E-state index is 0.368. The molecule has 0 aliphatic heterocycles. The fourth-order valence-electron chi connectivity index (χ4n) is 3.81. The quantitative estimate of drug-likeness (QED) is 0.858. The first-order chi connectivity index (χ1) is 8.81. The molecule has 3 rings (SSSR count). The van der Waals surface area contributed by atoms with Gasteiger partial charge in [0.05, 0.1) is 0 Å². The van der Waals surface area contributed by atoms with Gasteiger partial charge in [0.15, 0.2) is 0 Å². The van der Waals surface area contributed by atoms with E-state index in [4.69, 9.17) is 5.73 Å². The third kappa shape index (κ3) is 2.77. The van der Waals surface area contributed by atoms with Crippen LogP contribution in [0.25, 0.3) is 0 Å². The van der Waals surface area contributed by atoms with Crippen LogP contribution >= 0.6 is 0 Å². The molecule has 1 aromatic carbocycles. The molecule has 1 heteroatoms. The van der Waals surface area contributed by atoms with E-state index in [9.17, 15) is 0 Å². The normalized spacial score (nSPS) is 21.2. The van der Waals surface area contributed by atoms with Gasteiger partial charge < -0.3 is 5.73 Å². The number of fused-ring (bicyclic) bond motifs is 1. The van der Waals surface area contributed by atoms with Gasteiger partial charge in [-0.25, -0.2) is 0 Å². The molecule has 1 fully saturated rings. The lowest BCUT2D eigenvalue weighted by atomic mass is 9.93. The second-order valence-corrected chi connectivity index (χ2v) is 6.31. The second-order valence-electron chi connectivity index (χ2n) is 6.31. The summed E-state index contributed by atoms with van der Waals surface area (Å²) in [6.45, 7) is 0. The smallest absolute Gasteiger partial charge is 0.00819 e. The Morgan fingerprint density at radius 2 is 1.83 bits per heavy atom. The molecule has 1 unspecified atom stereocenters. The zero-order chi connectivity index (χ0) is 12.4. The minimum Gasteiger partial charge on any atom is -0.327 e. The van der Waals surface area contributed by atoms with Gasteiger partial charge in [-0.3, -0.25) is 0 Å². The molecule has 0 radical (unpaired) electrons. The Morgan fingerprint density at radius 1 is 1.06 bits per heavy atom. The zero-order valence-electron chi connectivity index (χ0n) is 11.3. The summed E-state index contributed by atoms with van der Waals surface area (Å²) in [6, 6.07) is 7.42. The van der Waals surface area contributed by atoms with Crippen LogP contribution in [0.2, 0.25) is 0 Å². The first-order valence-electron chi connectivity index (χ1n) is 7.67. The molecule has 0 heterocycles. The Balaban J connectivity index is 1.58. The van der Waals surface area contributed by atoms with Crippen molar-refractivity contribution in [3.05, 3.63) is 34.9 Å². The van der Waals surface area contributed by atoms with Crippen LogP contribution in [0, 0.1) is 5.92 Å². The topological polar surface area (TPSA) is 26.0 Å². The number of aryl methyl sites for hydroxylation is 2. The molecule has 2 N–H and O–H groups in total. The average molecular weight is 243 g/mol. The van der Waals surface area contributed by atoms with Gasteiger partial charge in [-0.15, -0.1) is 0 Å². The highest BCUT2D eigenvalue weighted by Crippen LogP contribution is 2.29. The summed E-state index contributed by atoms with van der Waals surface area (Å²) in [4.78, 5) is 0. The fourth-order valence-corrected chi connectivity index (χ4v) is 3.81. The Hall–Kier alpha value is -0.820. The van der Waals surface area contributed by atoms with Gasteiger partial charge in [0.2, 0.25) is 0 Å². The van der Waals surface area contributed by atoms with Crippen LogP contribution in [0.5, 0.6) is 0 Å². The van der Waals surface area contributed by atoms with E-state index in [2.05, 4.69) is 18.2 Å². The van der Waals surface area contributed by atoms with Crippen LogP contribution < -0.4 is 5.73 Å². The Bertz CT molecular complexity index is 404. The molecule has 98 valence electrons. The van der Waals surface area contributed by atoms with Crippen LogP contribution in [0.15, 0.2) is 18.2 Å². The molecule has 2 aliphatic carbocycles. The van der Waals surface area contributed by atoms with Gasteiger partial charge in [-0.2, -0.15) is 0 Å². The van der Waals surface area contributed by atoms with Crippen LogP contribution in [0.3, 0.4) is 0 Å². The largest absolute Gasteiger partial charge is 0.327 e. The van der Waals surface area contributed by atoms with Gasteiger partial charge in [0.1, 0.15) is 0 Å². The maximum absolute atomic E-state index is 6.33. The Kier molecular flexibility index (Phi) is 3.69. The van der Waals surface area contributed by atoms with Crippen LogP contribution in [0.1, 0.15) is 55.2 Å². The van der Waals surface area contributed by atoms with Crippen molar-refractivity contribution in [1.29, 1.82) is 0 Å². The zero-order valence-corrected chi connectivity index (χ0v) is 11.3. The van der Waals surface area contributed by atoms with E-state index in [1.807, 2.05) is 0 Å². The van der Waals surface area contributed by atoms with E-state index < -0.39 is 0 Å². The minimum atomic E-state index is 0.368. The SMILES string of the molecule is NC(Cc1ccc2c(c1)CCC2)CC1CCCC1. The van der Waals surface area contributed by atoms with E-state index >= 15 is 0 Å². The lowest BCUT2D eigenvalue weighted by Crippen LogP contribution is -2.25. The maximum atomic E-state index is 6.33. The van der Waals surface area contributed by atoms with Gasteiger partial charge in [0, 0.05) is 6.04 Å². The van der Waals surface area contributed by atoms with Crippen molar-refractivity contribution >= 4 is 0 Å². The second kappa shape index (κ2) is 5.44. The van der Waals surface area contributed by atoms with Crippen LogP contribution in [-0.2, 0) is 19.3 Å². The molecule has 1 nitrogen and oxygen atoms in total. The van der Waals surface area contributed by atoms with Crippen molar-refractivity contribution in [2.45, 2.75) is 63.8 Å². The summed E-state index contributed by atoms with van der Waals surface area (Å²) in [7, 11) is 0. The molecule has 1 aromatic rings. The molecular formula is C17H25N. The molecule has 0 amide bonds. The van der Waals surface area contributed by atoms with E-state index in [1.54, 1.807) is 11.1 Å². The van der Waals surface area contributed by atoms with Gasteiger partial charge in [-0.05, 0) is 54.7 Å². The fraction of sp³-hybridized carbons (Fsp3) is 0.647. The summed E-state index contributed by atoms with van der Waals surface area (Å²) in [5.74, 6) is 0.912.